The van der Waals surface area contributed by atoms with Crippen LogP contribution in [0.5, 0.6) is 0 Å². The third-order valence-corrected chi connectivity index (χ3v) is 4.31. The van der Waals surface area contributed by atoms with Crippen LogP contribution < -0.4 is 0 Å². The third kappa shape index (κ3) is 2.01. The lowest BCUT2D eigenvalue weighted by Crippen LogP contribution is -1.77. The molecule has 0 radical (unpaired) electrons. The standard InChI is InChI=1S/C14H10BrNS/c1-9-3-2-4-12-13(9)16-14(17-12)10-5-7-11(15)8-6-10/h2-8H,1H3. The lowest BCUT2D eigenvalue weighted by atomic mass is 10.2. The highest BCUT2D eigenvalue weighted by atomic mass is 79.9. The minimum absolute atomic E-state index is 1.09. The maximum absolute atomic E-state index is 4.72. The summed E-state index contributed by atoms with van der Waals surface area (Å²) in [5, 5.41) is 1.09. The number of benzene rings is 2. The zero-order valence-corrected chi connectivity index (χ0v) is 11.7. The summed E-state index contributed by atoms with van der Waals surface area (Å²) >= 11 is 5.19. The smallest absolute Gasteiger partial charge is 0.124 e. The molecule has 0 aliphatic heterocycles. The van der Waals surface area contributed by atoms with Gasteiger partial charge < -0.3 is 0 Å². The second-order valence-electron chi connectivity index (χ2n) is 3.95. The van der Waals surface area contributed by atoms with Gasteiger partial charge in [-0.3, -0.25) is 0 Å². The zero-order chi connectivity index (χ0) is 11.8. The zero-order valence-electron chi connectivity index (χ0n) is 9.27. The molecule has 84 valence electrons. The van der Waals surface area contributed by atoms with Gasteiger partial charge in [0.2, 0.25) is 0 Å². The fraction of sp³-hybridized carbons (Fsp3) is 0.0714. The Morgan fingerprint density at radius 2 is 1.82 bits per heavy atom. The Morgan fingerprint density at radius 1 is 1.06 bits per heavy atom. The van der Waals surface area contributed by atoms with E-state index in [1.165, 1.54) is 15.8 Å². The molecule has 1 nitrogen and oxygen atoms in total. The van der Waals surface area contributed by atoms with Crippen molar-refractivity contribution in [2.24, 2.45) is 0 Å². The number of rotatable bonds is 1. The Balaban J connectivity index is 2.18. The van der Waals surface area contributed by atoms with Crippen LogP contribution in [0.15, 0.2) is 46.9 Å². The molecule has 0 saturated carbocycles. The molecular formula is C14H10BrNS. The number of hydrogen-bond acceptors (Lipinski definition) is 2. The van der Waals surface area contributed by atoms with E-state index < -0.39 is 0 Å². The molecule has 0 aliphatic rings. The quantitative estimate of drug-likeness (QED) is 0.614. The molecule has 1 heterocycles. The van der Waals surface area contributed by atoms with Gasteiger partial charge in [-0.25, -0.2) is 4.98 Å². The van der Waals surface area contributed by atoms with Gasteiger partial charge in [0.05, 0.1) is 10.2 Å². The van der Waals surface area contributed by atoms with Crippen LogP contribution in [0.1, 0.15) is 5.56 Å². The van der Waals surface area contributed by atoms with Gasteiger partial charge in [0.15, 0.2) is 0 Å². The molecule has 0 spiro atoms. The Morgan fingerprint density at radius 3 is 2.53 bits per heavy atom. The number of halogens is 1. The SMILES string of the molecule is Cc1cccc2sc(-c3ccc(Br)cc3)nc12. The average Bonchev–Trinajstić information content (AvgIpc) is 2.75. The molecule has 17 heavy (non-hydrogen) atoms. The second-order valence-corrected chi connectivity index (χ2v) is 5.89. The highest BCUT2D eigenvalue weighted by Crippen LogP contribution is 2.31. The van der Waals surface area contributed by atoms with E-state index in [-0.39, 0.29) is 0 Å². The second kappa shape index (κ2) is 4.24. The van der Waals surface area contributed by atoms with Crippen molar-refractivity contribution in [1.82, 2.24) is 4.98 Å². The number of aryl methyl sites for hydroxylation is 1. The lowest BCUT2D eigenvalue weighted by molar-refractivity contribution is 1.42. The molecule has 3 rings (SSSR count). The van der Waals surface area contributed by atoms with E-state index in [0.29, 0.717) is 0 Å². The number of aromatic nitrogens is 1. The normalized spacial score (nSPS) is 10.9. The molecule has 0 unspecified atom stereocenters. The summed E-state index contributed by atoms with van der Waals surface area (Å²) in [5.41, 5.74) is 3.53. The molecular weight excluding hydrogens is 294 g/mol. The molecule has 0 amide bonds. The lowest BCUT2D eigenvalue weighted by Gasteiger charge is -1.95. The molecule has 2 aromatic carbocycles. The molecule has 3 heteroatoms. The third-order valence-electron chi connectivity index (χ3n) is 2.71. The Hall–Kier alpha value is -1.19. The van der Waals surface area contributed by atoms with Crippen LogP contribution in [-0.4, -0.2) is 4.98 Å². The van der Waals surface area contributed by atoms with Crippen molar-refractivity contribution in [1.29, 1.82) is 0 Å². The summed E-state index contributed by atoms with van der Waals surface area (Å²) < 4.78 is 2.35. The van der Waals surface area contributed by atoms with E-state index in [1.807, 2.05) is 12.1 Å². The van der Waals surface area contributed by atoms with E-state index in [1.54, 1.807) is 11.3 Å². The van der Waals surface area contributed by atoms with Crippen molar-refractivity contribution in [2.45, 2.75) is 6.92 Å². The Labute approximate surface area is 112 Å². The number of thiazole rings is 1. The van der Waals surface area contributed by atoms with Gasteiger partial charge in [-0.1, -0.05) is 40.2 Å². The largest absolute Gasteiger partial charge is 0.236 e. The summed E-state index contributed by atoms with van der Waals surface area (Å²) in [6, 6.07) is 14.6. The molecule has 1 aromatic heterocycles. The van der Waals surface area contributed by atoms with Crippen molar-refractivity contribution in [3.05, 3.63) is 52.5 Å². The van der Waals surface area contributed by atoms with Crippen molar-refractivity contribution in [3.8, 4) is 10.6 Å². The van der Waals surface area contributed by atoms with Crippen LogP contribution in [0.25, 0.3) is 20.8 Å². The van der Waals surface area contributed by atoms with E-state index in [0.717, 1.165) is 15.0 Å². The van der Waals surface area contributed by atoms with Gasteiger partial charge in [0.25, 0.3) is 0 Å². The first kappa shape index (κ1) is 10.9. The monoisotopic (exact) mass is 303 g/mol. The molecule has 0 atom stereocenters. The first-order valence-electron chi connectivity index (χ1n) is 5.36. The molecule has 0 aliphatic carbocycles. The minimum atomic E-state index is 1.09. The summed E-state index contributed by atoms with van der Waals surface area (Å²) in [6.45, 7) is 2.10. The fourth-order valence-electron chi connectivity index (χ4n) is 1.80. The Kier molecular flexibility index (Phi) is 2.73. The van der Waals surface area contributed by atoms with Crippen LogP contribution in [0.4, 0.5) is 0 Å². The number of para-hydroxylation sites is 1. The summed E-state index contributed by atoms with van der Waals surface area (Å²) in [4.78, 5) is 4.72. The van der Waals surface area contributed by atoms with Crippen molar-refractivity contribution in [3.63, 3.8) is 0 Å². The predicted octanol–water partition coefficient (Wildman–Crippen LogP) is 5.03. The van der Waals surface area contributed by atoms with Gasteiger partial charge in [-0.2, -0.15) is 0 Å². The van der Waals surface area contributed by atoms with Crippen molar-refractivity contribution >= 4 is 37.5 Å². The summed E-state index contributed by atoms with van der Waals surface area (Å²) in [7, 11) is 0. The van der Waals surface area contributed by atoms with E-state index in [2.05, 4.69) is 53.2 Å². The molecule has 3 aromatic rings. The van der Waals surface area contributed by atoms with Crippen LogP contribution >= 0.6 is 27.3 Å². The molecule has 0 fully saturated rings. The molecule has 0 saturated heterocycles. The Bertz CT molecular complexity index is 670. The number of hydrogen-bond donors (Lipinski definition) is 0. The van der Waals surface area contributed by atoms with Crippen LogP contribution in [-0.2, 0) is 0 Å². The van der Waals surface area contributed by atoms with Gasteiger partial charge in [-0.15, -0.1) is 11.3 Å². The summed E-state index contributed by atoms with van der Waals surface area (Å²) in [6.07, 6.45) is 0. The van der Waals surface area contributed by atoms with Gasteiger partial charge in [0.1, 0.15) is 5.01 Å². The van der Waals surface area contributed by atoms with Crippen LogP contribution in [0, 0.1) is 6.92 Å². The average molecular weight is 304 g/mol. The first-order chi connectivity index (χ1) is 8.24. The number of fused-ring (bicyclic) bond motifs is 1. The van der Waals surface area contributed by atoms with E-state index in [9.17, 15) is 0 Å². The fourth-order valence-corrected chi connectivity index (χ4v) is 3.12. The van der Waals surface area contributed by atoms with Crippen LogP contribution in [0.2, 0.25) is 0 Å². The highest BCUT2D eigenvalue weighted by Gasteiger charge is 2.07. The minimum Gasteiger partial charge on any atom is -0.236 e. The highest BCUT2D eigenvalue weighted by molar-refractivity contribution is 9.10. The predicted molar refractivity (Wildman–Crippen MR) is 77.5 cm³/mol. The maximum atomic E-state index is 4.72. The molecule has 0 bridgehead atoms. The van der Waals surface area contributed by atoms with Crippen molar-refractivity contribution in [2.75, 3.05) is 0 Å². The first-order valence-corrected chi connectivity index (χ1v) is 6.97. The topological polar surface area (TPSA) is 12.9 Å². The van der Waals surface area contributed by atoms with E-state index in [4.69, 9.17) is 4.98 Å². The maximum Gasteiger partial charge on any atom is 0.124 e. The van der Waals surface area contributed by atoms with Crippen LogP contribution in [0.3, 0.4) is 0 Å². The van der Waals surface area contributed by atoms with Gasteiger partial charge >= 0.3 is 0 Å². The van der Waals surface area contributed by atoms with Crippen molar-refractivity contribution < 1.29 is 0 Å². The van der Waals surface area contributed by atoms with E-state index >= 15 is 0 Å². The molecule has 0 N–H and O–H groups in total. The summed E-state index contributed by atoms with van der Waals surface area (Å²) in [5.74, 6) is 0. The van der Waals surface area contributed by atoms with Gasteiger partial charge in [-0.05, 0) is 30.7 Å². The number of nitrogens with zero attached hydrogens (tertiary/aromatic N) is 1. The van der Waals surface area contributed by atoms with Gasteiger partial charge in [0, 0.05) is 10.0 Å².